The van der Waals surface area contributed by atoms with Gasteiger partial charge in [0.25, 0.3) is 0 Å². The molecule has 2 amide bonds. The van der Waals surface area contributed by atoms with Crippen LogP contribution >= 0.6 is 0 Å². The lowest BCUT2D eigenvalue weighted by molar-refractivity contribution is 0.192. The van der Waals surface area contributed by atoms with Crippen molar-refractivity contribution in [1.29, 1.82) is 0 Å². The van der Waals surface area contributed by atoms with Crippen molar-refractivity contribution in [1.82, 2.24) is 5.32 Å². The second kappa shape index (κ2) is 5.24. The second-order valence-corrected chi connectivity index (χ2v) is 2.74. The third-order valence-electron chi connectivity index (χ3n) is 1.79. The summed E-state index contributed by atoms with van der Waals surface area (Å²) < 4.78 is 4.95. The molecule has 0 unspecified atom stereocenters. The van der Waals surface area contributed by atoms with Gasteiger partial charge in [0.15, 0.2) is 0 Å². The first-order valence-electron chi connectivity index (χ1n) is 4.33. The Morgan fingerprint density at radius 2 is 2.07 bits per heavy atom. The van der Waals surface area contributed by atoms with Crippen molar-refractivity contribution in [3.05, 3.63) is 30.3 Å². The van der Waals surface area contributed by atoms with Gasteiger partial charge < -0.3 is 10.1 Å². The number of para-hydroxylation sites is 1. The molecule has 0 fully saturated rings. The molecule has 0 saturated carbocycles. The Hall–Kier alpha value is -1.55. The molecule has 76 valence electrons. The molecular formula is C10H14N2O2. The summed E-state index contributed by atoms with van der Waals surface area (Å²) in [5.74, 6) is 0. The maximum Gasteiger partial charge on any atom is 0.323 e. The van der Waals surface area contributed by atoms with Crippen molar-refractivity contribution in [2.45, 2.75) is 0 Å². The number of carbonyl (C=O) groups excluding carboxylic acids is 1. The zero-order chi connectivity index (χ0) is 10.4. The summed E-state index contributed by atoms with van der Waals surface area (Å²) in [4.78, 5) is 13.0. The molecule has 1 aromatic rings. The summed E-state index contributed by atoms with van der Waals surface area (Å²) in [6, 6.07) is 9.18. The topological polar surface area (TPSA) is 41.6 Å². The Balaban J connectivity index is 2.83. The lowest BCUT2D eigenvalue weighted by Crippen LogP contribution is -2.39. The van der Waals surface area contributed by atoms with Crippen molar-refractivity contribution in [3.63, 3.8) is 0 Å². The van der Waals surface area contributed by atoms with E-state index in [1.54, 1.807) is 14.2 Å². The average Bonchev–Trinajstić information content (AvgIpc) is 2.26. The first-order valence-corrected chi connectivity index (χ1v) is 4.33. The van der Waals surface area contributed by atoms with Crippen molar-refractivity contribution in [2.75, 3.05) is 25.8 Å². The SMILES string of the molecule is CNC(=O)N(COC)c1ccccc1. The minimum Gasteiger partial charge on any atom is -0.364 e. The highest BCUT2D eigenvalue weighted by molar-refractivity contribution is 5.91. The van der Waals surface area contributed by atoms with Crippen molar-refractivity contribution >= 4 is 11.7 Å². The van der Waals surface area contributed by atoms with Gasteiger partial charge in [0, 0.05) is 19.8 Å². The molecule has 1 aromatic carbocycles. The first kappa shape index (κ1) is 10.5. The number of methoxy groups -OCH3 is 1. The van der Waals surface area contributed by atoms with Crippen LogP contribution in [-0.2, 0) is 4.74 Å². The highest BCUT2D eigenvalue weighted by Gasteiger charge is 2.12. The number of hydrogen-bond acceptors (Lipinski definition) is 2. The Morgan fingerprint density at radius 3 is 2.57 bits per heavy atom. The summed E-state index contributed by atoms with van der Waals surface area (Å²) in [6.45, 7) is 0.240. The van der Waals surface area contributed by atoms with Gasteiger partial charge in [-0.25, -0.2) is 4.79 Å². The highest BCUT2D eigenvalue weighted by Crippen LogP contribution is 2.12. The molecule has 0 spiro atoms. The third-order valence-corrected chi connectivity index (χ3v) is 1.79. The molecule has 4 heteroatoms. The number of benzene rings is 1. The molecule has 0 atom stereocenters. The predicted molar refractivity (Wildman–Crippen MR) is 55.3 cm³/mol. The van der Waals surface area contributed by atoms with Crippen LogP contribution in [0.15, 0.2) is 30.3 Å². The fraction of sp³-hybridized carbons (Fsp3) is 0.300. The molecule has 0 aliphatic carbocycles. The molecule has 14 heavy (non-hydrogen) atoms. The van der Waals surface area contributed by atoms with Gasteiger partial charge in [-0.2, -0.15) is 0 Å². The van der Waals surface area contributed by atoms with E-state index in [0.717, 1.165) is 5.69 Å². The Labute approximate surface area is 83.5 Å². The molecule has 0 radical (unpaired) electrons. The van der Waals surface area contributed by atoms with Crippen LogP contribution in [0.4, 0.5) is 10.5 Å². The summed E-state index contributed by atoms with van der Waals surface area (Å²) in [7, 11) is 3.15. The summed E-state index contributed by atoms with van der Waals surface area (Å²) in [5, 5.41) is 2.56. The smallest absolute Gasteiger partial charge is 0.323 e. The normalized spacial score (nSPS) is 9.57. The standard InChI is InChI=1S/C10H14N2O2/c1-11-10(13)12(8-14-2)9-6-4-3-5-7-9/h3-7H,8H2,1-2H3,(H,11,13). The lowest BCUT2D eigenvalue weighted by Gasteiger charge is -2.20. The van der Waals surface area contributed by atoms with E-state index in [1.165, 1.54) is 4.90 Å². The van der Waals surface area contributed by atoms with E-state index in [2.05, 4.69) is 5.32 Å². The van der Waals surface area contributed by atoms with Crippen LogP contribution in [0.1, 0.15) is 0 Å². The maximum absolute atomic E-state index is 11.4. The molecule has 4 nitrogen and oxygen atoms in total. The number of carbonyl (C=O) groups is 1. The Morgan fingerprint density at radius 1 is 1.43 bits per heavy atom. The lowest BCUT2D eigenvalue weighted by atomic mass is 10.3. The molecule has 0 saturated heterocycles. The quantitative estimate of drug-likeness (QED) is 0.740. The van der Waals surface area contributed by atoms with Gasteiger partial charge in [-0.1, -0.05) is 18.2 Å². The van der Waals surface area contributed by atoms with Gasteiger partial charge >= 0.3 is 6.03 Å². The number of nitrogens with one attached hydrogen (secondary N) is 1. The summed E-state index contributed by atoms with van der Waals surface area (Å²) >= 11 is 0. The van der Waals surface area contributed by atoms with Gasteiger partial charge in [0.2, 0.25) is 0 Å². The van der Waals surface area contributed by atoms with E-state index in [1.807, 2.05) is 30.3 Å². The van der Waals surface area contributed by atoms with Crippen molar-refractivity contribution < 1.29 is 9.53 Å². The minimum atomic E-state index is -0.182. The fourth-order valence-corrected chi connectivity index (χ4v) is 1.12. The van der Waals surface area contributed by atoms with E-state index >= 15 is 0 Å². The van der Waals surface area contributed by atoms with Gasteiger partial charge in [-0.3, -0.25) is 4.90 Å². The van der Waals surface area contributed by atoms with Gasteiger partial charge in [-0.15, -0.1) is 0 Å². The van der Waals surface area contributed by atoms with Crippen molar-refractivity contribution in [2.24, 2.45) is 0 Å². The number of nitrogens with zero attached hydrogens (tertiary/aromatic N) is 1. The molecular weight excluding hydrogens is 180 g/mol. The van der Waals surface area contributed by atoms with E-state index in [-0.39, 0.29) is 12.8 Å². The zero-order valence-corrected chi connectivity index (χ0v) is 8.36. The Kier molecular flexibility index (Phi) is 3.94. The monoisotopic (exact) mass is 194 g/mol. The summed E-state index contributed by atoms with van der Waals surface area (Å²) in [5.41, 5.74) is 0.814. The molecule has 0 aliphatic rings. The first-order chi connectivity index (χ1) is 6.79. The molecule has 1 N–H and O–H groups in total. The summed E-state index contributed by atoms with van der Waals surface area (Å²) in [6.07, 6.45) is 0. The molecule has 0 aliphatic heterocycles. The molecule has 1 rings (SSSR count). The van der Waals surface area contributed by atoms with Crippen LogP contribution in [0.5, 0.6) is 0 Å². The van der Waals surface area contributed by atoms with Gasteiger partial charge in [0.1, 0.15) is 6.73 Å². The number of rotatable bonds is 3. The largest absolute Gasteiger partial charge is 0.364 e. The number of urea groups is 1. The Bertz CT molecular complexity index is 287. The van der Waals surface area contributed by atoms with Crippen LogP contribution in [0.3, 0.4) is 0 Å². The fourth-order valence-electron chi connectivity index (χ4n) is 1.12. The maximum atomic E-state index is 11.4. The highest BCUT2D eigenvalue weighted by atomic mass is 16.5. The van der Waals surface area contributed by atoms with Crippen LogP contribution < -0.4 is 10.2 Å². The average molecular weight is 194 g/mol. The van der Waals surface area contributed by atoms with E-state index in [4.69, 9.17) is 4.74 Å². The van der Waals surface area contributed by atoms with E-state index in [0.29, 0.717) is 0 Å². The number of anilines is 1. The van der Waals surface area contributed by atoms with E-state index < -0.39 is 0 Å². The van der Waals surface area contributed by atoms with Crippen LogP contribution in [-0.4, -0.2) is 26.9 Å². The van der Waals surface area contributed by atoms with Crippen LogP contribution in [0, 0.1) is 0 Å². The number of hydrogen-bond donors (Lipinski definition) is 1. The van der Waals surface area contributed by atoms with E-state index in [9.17, 15) is 4.79 Å². The van der Waals surface area contributed by atoms with Gasteiger partial charge in [0.05, 0.1) is 0 Å². The van der Waals surface area contributed by atoms with Gasteiger partial charge in [-0.05, 0) is 12.1 Å². The molecule has 0 aromatic heterocycles. The predicted octanol–water partition coefficient (Wildman–Crippen LogP) is 1.44. The number of ether oxygens (including phenoxy) is 1. The molecule has 0 heterocycles. The number of amides is 2. The van der Waals surface area contributed by atoms with Crippen LogP contribution in [0.2, 0.25) is 0 Å². The van der Waals surface area contributed by atoms with Crippen LogP contribution in [0.25, 0.3) is 0 Å². The third kappa shape index (κ3) is 2.47. The second-order valence-electron chi connectivity index (χ2n) is 2.74. The zero-order valence-electron chi connectivity index (χ0n) is 8.36. The molecule has 0 bridgehead atoms. The van der Waals surface area contributed by atoms with Crippen molar-refractivity contribution in [3.8, 4) is 0 Å². The minimum absolute atomic E-state index is 0.182.